The molecule has 6 heteroatoms. The summed E-state index contributed by atoms with van der Waals surface area (Å²) in [6.07, 6.45) is 6.71. The smallest absolute Gasteiger partial charge is 0.286 e. The van der Waals surface area contributed by atoms with Crippen molar-refractivity contribution in [2.75, 3.05) is 13.2 Å². The highest BCUT2D eigenvalue weighted by Gasteiger charge is 2.69. The standard InChI is InChI=1S/C23H31NO5/c1-3-8-22(24(26)27)11-6-18-16-5-10-21(25)15-23(28-13-14-29-23)12-7-19(21)17(16)4-9-20(18,22)2/h16,18,25H,4-7,9-15H2,1-2H3/t16-,18+,20+,21-,22+/m1/s1. The molecule has 1 N–H and O–H groups in total. The summed E-state index contributed by atoms with van der Waals surface area (Å²) in [4.78, 5) is 12.1. The van der Waals surface area contributed by atoms with Gasteiger partial charge in [-0.15, -0.1) is 0 Å². The maximum Gasteiger partial charge on any atom is 0.286 e. The first kappa shape index (κ1) is 19.5. The van der Waals surface area contributed by atoms with Gasteiger partial charge in [-0.2, -0.15) is 0 Å². The predicted molar refractivity (Wildman–Crippen MR) is 106 cm³/mol. The van der Waals surface area contributed by atoms with Gasteiger partial charge in [-0.05, 0) is 68.8 Å². The van der Waals surface area contributed by atoms with Crippen molar-refractivity contribution >= 4 is 0 Å². The molecule has 0 aromatic rings. The molecule has 0 radical (unpaired) electrons. The first-order chi connectivity index (χ1) is 13.8. The van der Waals surface area contributed by atoms with E-state index in [-0.39, 0.29) is 10.8 Å². The Balaban J connectivity index is 1.50. The van der Waals surface area contributed by atoms with Gasteiger partial charge in [-0.3, -0.25) is 10.1 Å². The van der Waals surface area contributed by atoms with Crippen LogP contribution in [-0.2, 0) is 9.47 Å². The number of rotatable bonds is 1. The van der Waals surface area contributed by atoms with Crippen LogP contribution in [0.3, 0.4) is 0 Å². The van der Waals surface area contributed by atoms with Crippen LogP contribution >= 0.6 is 0 Å². The van der Waals surface area contributed by atoms with E-state index in [4.69, 9.17) is 9.47 Å². The molecule has 1 saturated heterocycles. The van der Waals surface area contributed by atoms with E-state index in [0.29, 0.717) is 38.4 Å². The summed E-state index contributed by atoms with van der Waals surface area (Å²) in [5.74, 6) is 5.91. The third kappa shape index (κ3) is 2.47. The maximum atomic E-state index is 12.2. The molecule has 5 aliphatic rings. The number of fused-ring (bicyclic) bond motifs is 4. The van der Waals surface area contributed by atoms with Crippen LogP contribution in [0.1, 0.15) is 71.6 Å². The monoisotopic (exact) mass is 401 g/mol. The van der Waals surface area contributed by atoms with E-state index < -0.39 is 22.3 Å². The molecule has 0 aromatic carbocycles. The lowest BCUT2D eigenvalue weighted by Crippen LogP contribution is -2.55. The SMILES string of the molecule is CC#C[C@]1([N+](=O)[O-])CC[C@H]2[C@@H]3CC[C@@]4(O)CC5(CCC4=C3CC[C@@]21C)OCCO5. The number of aliphatic hydroxyl groups is 1. The molecule has 4 fully saturated rings. The zero-order chi connectivity index (χ0) is 20.5. The fourth-order valence-corrected chi connectivity index (χ4v) is 7.67. The van der Waals surface area contributed by atoms with E-state index in [2.05, 4.69) is 18.8 Å². The van der Waals surface area contributed by atoms with E-state index in [9.17, 15) is 15.2 Å². The Morgan fingerprint density at radius 2 is 1.90 bits per heavy atom. The van der Waals surface area contributed by atoms with Crippen LogP contribution in [0.25, 0.3) is 0 Å². The molecular weight excluding hydrogens is 370 g/mol. The Bertz CT molecular complexity index is 834. The fraction of sp³-hybridized carbons (Fsp3) is 0.826. The van der Waals surface area contributed by atoms with Crippen molar-refractivity contribution in [2.45, 2.75) is 88.6 Å². The van der Waals surface area contributed by atoms with E-state index >= 15 is 0 Å². The molecule has 1 spiro atoms. The zero-order valence-corrected chi connectivity index (χ0v) is 17.5. The van der Waals surface area contributed by atoms with E-state index in [0.717, 1.165) is 38.5 Å². The molecule has 5 rings (SSSR count). The summed E-state index contributed by atoms with van der Waals surface area (Å²) in [5.41, 5.74) is 0.207. The molecule has 29 heavy (non-hydrogen) atoms. The second-order valence-electron chi connectivity index (χ2n) is 10.0. The quantitative estimate of drug-likeness (QED) is 0.314. The molecule has 3 saturated carbocycles. The molecule has 158 valence electrons. The van der Waals surface area contributed by atoms with Crippen molar-refractivity contribution < 1.29 is 19.5 Å². The molecule has 1 aliphatic heterocycles. The number of nitrogens with zero attached hydrogens (tertiary/aromatic N) is 1. The van der Waals surface area contributed by atoms with Crippen molar-refractivity contribution in [1.29, 1.82) is 0 Å². The van der Waals surface area contributed by atoms with Crippen molar-refractivity contribution in [2.24, 2.45) is 17.3 Å². The number of hydrogen-bond donors (Lipinski definition) is 1. The van der Waals surface area contributed by atoms with Crippen molar-refractivity contribution in [1.82, 2.24) is 0 Å². The van der Waals surface area contributed by atoms with Crippen LogP contribution in [0.15, 0.2) is 11.1 Å². The lowest BCUT2D eigenvalue weighted by atomic mass is 9.52. The van der Waals surface area contributed by atoms with Crippen LogP contribution < -0.4 is 0 Å². The fourth-order valence-electron chi connectivity index (χ4n) is 7.67. The molecule has 0 unspecified atom stereocenters. The number of ether oxygens (including phenoxy) is 2. The molecule has 0 aromatic heterocycles. The molecular formula is C23H31NO5. The van der Waals surface area contributed by atoms with Crippen molar-refractivity contribution in [3.63, 3.8) is 0 Å². The third-order valence-corrected chi connectivity index (χ3v) is 9.02. The van der Waals surface area contributed by atoms with Crippen LogP contribution in [0.4, 0.5) is 0 Å². The second kappa shape index (κ2) is 6.29. The van der Waals surface area contributed by atoms with Gasteiger partial charge in [-0.1, -0.05) is 18.4 Å². The Morgan fingerprint density at radius 1 is 1.14 bits per heavy atom. The van der Waals surface area contributed by atoms with E-state index in [1.54, 1.807) is 6.92 Å². The first-order valence-electron chi connectivity index (χ1n) is 11.1. The highest BCUT2D eigenvalue weighted by molar-refractivity contribution is 5.37. The molecule has 4 aliphatic carbocycles. The summed E-state index contributed by atoms with van der Waals surface area (Å²) in [5, 5.41) is 23.8. The van der Waals surface area contributed by atoms with Gasteiger partial charge < -0.3 is 14.6 Å². The molecule has 0 bridgehead atoms. The molecule has 6 nitrogen and oxygen atoms in total. The summed E-state index contributed by atoms with van der Waals surface area (Å²) >= 11 is 0. The highest BCUT2D eigenvalue weighted by atomic mass is 16.7. The van der Waals surface area contributed by atoms with Crippen LogP contribution in [0, 0.1) is 39.2 Å². The van der Waals surface area contributed by atoms with E-state index in [1.165, 1.54) is 11.1 Å². The minimum absolute atomic E-state index is 0.0973. The second-order valence-corrected chi connectivity index (χ2v) is 10.0. The Kier molecular flexibility index (Phi) is 4.24. The number of nitro groups is 1. The largest absolute Gasteiger partial charge is 0.385 e. The molecule has 0 amide bonds. The van der Waals surface area contributed by atoms with Crippen LogP contribution in [0.5, 0.6) is 0 Å². The van der Waals surface area contributed by atoms with Crippen molar-refractivity contribution in [3.8, 4) is 11.8 Å². The van der Waals surface area contributed by atoms with Gasteiger partial charge in [-0.25, -0.2) is 0 Å². The Morgan fingerprint density at radius 3 is 2.59 bits per heavy atom. The highest BCUT2D eigenvalue weighted by Crippen LogP contribution is 2.65. The summed E-state index contributed by atoms with van der Waals surface area (Å²) in [6.45, 7) is 5.03. The third-order valence-electron chi connectivity index (χ3n) is 9.02. The zero-order valence-electron chi connectivity index (χ0n) is 17.5. The Labute approximate surface area is 172 Å². The summed E-state index contributed by atoms with van der Waals surface area (Å²) < 4.78 is 11.8. The van der Waals surface area contributed by atoms with Gasteiger partial charge in [0.15, 0.2) is 5.79 Å². The van der Waals surface area contributed by atoms with Gasteiger partial charge in [0, 0.05) is 24.2 Å². The average Bonchev–Trinajstić information content (AvgIpc) is 3.24. The van der Waals surface area contributed by atoms with Crippen LogP contribution in [0.2, 0.25) is 0 Å². The number of hydrogen-bond acceptors (Lipinski definition) is 5. The molecule has 5 atom stereocenters. The average molecular weight is 402 g/mol. The van der Waals surface area contributed by atoms with Gasteiger partial charge in [0.05, 0.1) is 24.2 Å². The minimum atomic E-state index is -1.13. The van der Waals surface area contributed by atoms with Gasteiger partial charge in [0.25, 0.3) is 5.54 Å². The summed E-state index contributed by atoms with van der Waals surface area (Å²) in [6, 6.07) is 0. The normalized spacial score (nSPS) is 45.2. The lowest BCUT2D eigenvalue weighted by Gasteiger charge is -2.53. The number of allylic oxidation sites excluding steroid dienone is 1. The Hall–Kier alpha value is -1.42. The summed E-state index contributed by atoms with van der Waals surface area (Å²) in [7, 11) is 0. The van der Waals surface area contributed by atoms with E-state index in [1.807, 2.05) is 0 Å². The lowest BCUT2D eigenvalue weighted by molar-refractivity contribution is -0.570. The minimum Gasteiger partial charge on any atom is -0.385 e. The van der Waals surface area contributed by atoms with Gasteiger partial charge in [0.1, 0.15) is 0 Å². The first-order valence-corrected chi connectivity index (χ1v) is 11.1. The topological polar surface area (TPSA) is 81.8 Å². The van der Waals surface area contributed by atoms with Gasteiger partial charge >= 0.3 is 0 Å². The van der Waals surface area contributed by atoms with Crippen LogP contribution in [-0.4, -0.2) is 40.2 Å². The predicted octanol–water partition coefficient (Wildman–Crippen LogP) is 3.60. The van der Waals surface area contributed by atoms with Crippen molar-refractivity contribution in [3.05, 3.63) is 21.3 Å². The van der Waals surface area contributed by atoms with Gasteiger partial charge in [0.2, 0.25) is 0 Å². The molecule has 1 heterocycles. The maximum absolute atomic E-state index is 12.2.